The Labute approximate surface area is 86.3 Å². The van der Waals surface area contributed by atoms with E-state index in [4.69, 9.17) is 0 Å². The third kappa shape index (κ3) is 2.73. The zero-order chi connectivity index (χ0) is 9.14. The Bertz CT molecular complexity index is 269. The second-order valence-corrected chi connectivity index (χ2v) is 4.51. The third-order valence-corrected chi connectivity index (χ3v) is 2.50. The van der Waals surface area contributed by atoms with Gasteiger partial charge in [0.1, 0.15) is 5.82 Å². The first-order chi connectivity index (χ1) is 5.59. The van der Waals surface area contributed by atoms with E-state index in [1.54, 1.807) is 6.07 Å². The fourth-order valence-electron chi connectivity index (χ4n) is 1.14. The molecule has 0 atom stereocenters. The van der Waals surface area contributed by atoms with Crippen molar-refractivity contribution in [2.75, 3.05) is 0 Å². The zero-order valence-corrected chi connectivity index (χ0v) is 9.43. The lowest BCUT2D eigenvalue weighted by atomic mass is 10.0. The van der Waals surface area contributed by atoms with Crippen LogP contribution in [0.15, 0.2) is 18.2 Å². The highest BCUT2D eigenvalue weighted by Crippen LogP contribution is 2.15. The van der Waals surface area contributed by atoms with Gasteiger partial charge in [-0.25, -0.2) is 4.39 Å². The summed E-state index contributed by atoms with van der Waals surface area (Å²) in [7, 11) is 0. The van der Waals surface area contributed by atoms with Crippen LogP contribution in [-0.2, 0) is 6.42 Å². The van der Waals surface area contributed by atoms with Crippen LogP contribution in [0.5, 0.6) is 0 Å². The molecule has 0 spiro atoms. The predicted molar refractivity (Wildman–Crippen MR) is 57.7 cm³/mol. The van der Waals surface area contributed by atoms with Crippen LogP contribution in [0.2, 0.25) is 0 Å². The molecule has 1 aromatic carbocycles. The van der Waals surface area contributed by atoms with Crippen molar-refractivity contribution in [3.05, 3.63) is 33.1 Å². The van der Waals surface area contributed by atoms with Gasteiger partial charge in [-0.15, -0.1) is 0 Å². The Morgan fingerprint density at radius 1 is 1.42 bits per heavy atom. The van der Waals surface area contributed by atoms with Crippen molar-refractivity contribution in [3.63, 3.8) is 0 Å². The van der Waals surface area contributed by atoms with Crippen molar-refractivity contribution in [1.82, 2.24) is 0 Å². The summed E-state index contributed by atoms with van der Waals surface area (Å²) in [4.78, 5) is 0. The van der Waals surface area contributed by atoms with Gasteiger partial charge in [-0.2, -0.15) is 0 Å². The minimum atomic E-state index is -0.103. The maximum atomic E-state index is 13.0. The van der Waals surface area contributed by atoms with Crippen LogP contribution in [0.3, 0.4) is 0 Å². The Balaban J connectivity index is 2.82. The summed E-state index contributed by atoms with van der Waals surface area (Å²) < 4.78 is 13.7. The molecule has 0 bridgehead atoms. The topological polar surface area (TPSA) is 0 Å². The molecule has 0 aromatic heterocycles. The van der Waals surface area contributed by atoms with E-state index in [0.717, 1.165) is 12.0 Å². The molecule has 0 fully saturated rings. The summed E-state index contributed by atoms with van der Waals surface area (Å²) >= 11 is 2.00. The SMILES string of the molecule is CC(C)Cc1ccc(I)c(F)c1. The van der Waals surface area contributed by atoms with Crippen LogP contribution in [0.1, 0.15) is 19.4 Å². The second-order valence-electron chi connectivity index (χ2n) is 3.35. The lowest BCUT2D eigenvalue weighted by molar-refractivity contribution is 0.607. The summed E-state index contributed by atoms with van der Waals surface area (Å²) in [5.41, 5.74) is 1.09. The minimum Gasteiger partial charge on any atom is -0.206 e. The van der Waals surface area contributed by atoms with E-state index in [9.17, 15) is 4.39 Å². The maximum absolute atomic E-state index is 13.0. The Morgan fingerprint density at radius 2 is 2.08 bits per heavy atom. The van der Waals surface area contributed by atoms with E-state index in [0.29, 0.717) is 9.49 Å². The van der Waals surface area contributed by atoms with Gasteiger partial charge in [0.05, 0.1) is 0 Å². The standard InChI is InChI=1S/C10H12FI/c1-7(2)5-8-3-4-10(12)9(11)6-8/h3-4,6-7H,5H2,1-2H3. The van der Waals surface area contributed by atoms with Crippen molar-refractivity contribution in [2.24, 2.45) is 5.92 Å². The van der Waals surface area contributed by atoms with Gasteiger partial charge in [0.2, 0.25) is 0 Å². The van der Waals surface area contributed by atoms with Crippen molar-refractivity contribution in [1.29, 1.82) is 0 Å². The molecule has 0 aliphatic heterocycles. The minimum absolute atomic E-state index is 0.103. The number of rotatable bonds is 2. The molecule has 0 saturated carbocycles. The Hall–Kier alpha value is -0.120. The molecular weight excluding hydrogens is 266 g/mol. The van der Waals surface area contributed by atoms with Gasteiger partial charge in [0, 0.05) is 3.57 Å². The molecule has 0 aliphatic rings. The zero-order valence-electron chi connectivity index (χ0n) is 7.27. The van der Waals surface area contributed by atoms with Crippen molar-refractivity contribution in [2.45, 2.75) is 20.3 Å². The van der Waals surface area contributed by atoms with Gasteiger partial charge in [0.25, 0.3) is 0 Å². The van der Waals surface area contributed by atoms with Crippen LogP contribution in [0.25, 0.3) is 0 Å². The lowest BCUT2D eigenvalue weighted by Gasteiger charge is -2.04. The molecule has 0 amide bonds. The highest BCUT2D eigenvalue weighted by Gasteiger charge is 2.01. The first kappa shape index (κ1) is 9.96. The van der Waals surface area contributed by atoms with Crippen LogP contribution in [-0.4, -0.2) is 0 Å². The predicted octanol–water partition coefficient (Wildman–Crippen LogP) is 3.63. The van der Waals surface area contributed by atoms with E-state index >= 15 is 0 Å². The summed E-state index contributed by atoms with van der Waals surface area (Å²) in [5, 5.41) is 0. The smallest absolute Gasteiger partial charge is 0.136 e. The normalized spacial score (nSPS) is 10.8. The van der Waals surface area contributed by atoms with Crippen molar-refractivity contribution < 1.29 is 4.39 Å². The Kier molecular flexibility index (Phi) is 3.50. The van der Waals surface area contributed by atoms with Crippen LogP contribution >= 0.6 is 22.6 Å². The van der Waals surface area contributed by atoms with Gasteiger partial charge < -0.3 is 0 Å². The molecule has 0 saturated heterocycles. The number of hydrogen-bond donors (Lipinski definition) is 0. The molecule has 0 nitrogen and oxygen atoms in total. The van der Waals surface area contributed by atoms with E-state index < -0.39 is 0 Å². The van der Waals surface area contributed by atoms with Gasteiger partial charge in [-0.3, -0.25) is 0 Å². The third-order valence-electron chi connectivity index (χ3n) is 1.63. The first-order valence-electron chi connectivity index (χ1n) is 4.03. The second kappa shape index (κ2) is 4.21. The summed E-state index contributed by atoms with van der Waals surface area (Å²) in [6.07, 6.45) is 0.952. The average Bonchev–Trinajstić information content (AvgIpc) is 1.96. The summed E-state index contributed by atoms with van der Waals surface area (Å²) in [5.74, 6) is 0.484. The molecule has 66 valence electrons. The first-order valence-corrected chi connectivity index (χ1v) is 5.11. The summed E-state index contributed by atoms with van der Waals surface area (Å²) in [6, 6.07) is 5.44. The van der Waals surface area contributed by atoms with Gasteiger partial charge in [0.15, 0.2) is 0 Å². The van der Waals surface area contributed by atoms with Crippen LogP contribution in [0, 0.1) is 15.3 Å². The molecular formula is C10H12FI. The van der Waals surface area contributed by atoms with Gasteiger partial charge >= 0.3 is 0 Å². The monoisotopic (exact) mass is 278 g/mol. The highest BCUT2D eigenvalue weighted by molar-refractivity contribution is 14.1. The molecule has 0 unspecified atom stereocenters. The van der Waals surface area contributed by atoms with E-state index in [1.807, 2.05) is 34.7 Å². The molecule has 0 radical (unpaired) electrons. The number of benzene rings is 1. The quantitative estimate of drug-likeness (QED) is 0.725. The van der Waals surface area contributed by atoms with Gasteiger partial charge in [-0.05, 0) is 52.6 Å². The molecule has 12 heavy (non-hydrogen) atoms. The van der Waals surface area contributed by atoms with E-state index in [-0.39, 0.29) is 5.82 Å². The van der Waals surface area contributed by atoms with E-state index in [1.165, 1.54) is 0 Å². The fourth-order valence-corrected chi connectivity index (χ4v) is 1.47. The molecule has 2 heteroatoms. The fraction of sp³-hybridized carbons (Fsp3) is 0.400. The summed E-state index contributed by atoms with van der Waals surface area (Å²) in [6.45, 7) is 4.27. The van der Waals surface area contributed by atoms with Crippen LogP contribution in [0.4, 0.5) is 4.39 Å². The molecule has 1 rings (SSSR count). The number of halogens is 2. The van der Waals surface area contributed by atoms with Crippen LogP contribution < -0.4 is 0 Å². The molecule has 1 aromatic rings. The highest BCUT2D eigenvalue weighted by atomic mass is 127. The van der Waals surface area contributed by atoms with E-state index in [2.05, 4.69) is 13.8 Å². The molecule has 0 aliphatic carbocycles. The van der Waals surface area contributed by atoms with Crippen molar-refractivity contribution >= 4 is 22.6 Å². The average molecular weight is 278 g/mol. The Morgan fingerprint density at radius 3 is 2.58 bits per heavy atom. The molecule has 0 heterocycles. The maximum Gasteiger partial charge on any atom is 0.136 e. The lowest BCUT2D eigenvalue weighted by Crippen LogP contribution is -1.95. The largest absolute Gasteiger partial charge is 0.206 e. The van der Waals surface area contributed by atoms with Gasteiger partial charge in [-0.1, -0.05) is 19.9 Å². The number of hydrogen-bond acceptors (Lipinski definition) is 0. The molecule has 0 N–H and O–H groups in total. The van der Waals surface area contributed by atoms with Crippen molar-refractivity contribution in [3.8, 4) is 0 Å².